The fourth-order valence-electron chi connectivity index (χ4n) is 3.47. The van der Waals surface area contributed by atoms with Gasteiger partial charge >= 0.3 is 0 Å². The zero-order valence-electron chi connectivity index (χ0n) is 16.4. The van der Waals surface area contributed by atoms with E-state index in [1.165, 1.54) is 40.5 Å². The molecule has 0 aliphatic carbocycles. The zero-order valence-corrected chi connectivity index (χ0v) is 16.4. The van der Waals surface area contributed by atoms with Crippen molar-refractivity contribution in [2.75, 3.05) is 0 Å². The van der Waals surface area contributed by atoms with Gasteiger partial charge in [-0.25, -0.2) is 18.4 Å². The summed E-state index contributed by atoms with van der Waals surface area (Å²) in [6, 6.07) is 5.90. The first-order chi connectivity index (χ1) is 14.9. The normalized spacial score (nSPS) is 14.0. The van der Waals surface area contributed by atoms with Gasteiger partial charge in [-0.05, 0) is 19.1 Å². The molecule has 4 rings (SSSR count). The van der Waals surface area contributed by atoms with Crippen LogP contribution >= 0.6 is 0 Å². The van der Waals surface area contributed by atoms with Gasteiger partial charge in [0.05, 0.1) is 30.4 Å². The number of nitrogens with zero attached hydrogens (tertiary/aromatic N) is 7. The maximum Gasteiger partial charge on any atom is 0.137 e. The van der Waals surface area contributed by atoms with Crippen molar-refractivity contribution in [1.82, 2.24) is 29.5 Å². The Balaban J connectivity index is 1.77. The quantitative estimate of drug-likeness (QED) is 0.513. The van der Waals surface area contributed by atoms with Crippen LogP contribution in [-0.2, 0) is 12.1 Å². The molecular formula is C21H17F2N7O. The molecule has 3 heterocycles. The van der Waals surface area contributed by atoms with Crippen molar-refractivity contribution in [3.8, 4) is 17.2 Å². The van der Waals surface area contributed by atoms with E-state index < -0.39 is 23.3 Å². The summed E-state index contributed by atoms with van der Waals surface area (Å²) in [6.07, 6.45) is 8.92. The average molecular weight is 421 g/mol. The van der Waals surface area contributed by atoms with Crippen LogP contribution < -0.4 is 0 Å². The number of aromatic nitrogens is 6. The van der Waals surface area contributed by atoms with Crippen molar-refractivity contribution in [2.45, 2.75) is 25.1 Å². The molecule has 1 aromatic carbocycles. The van der Waals surface area contributed by atoms with Crippen molar-refractivity contribution in [2.24, 2.45) is 0 Å². The van der Waals surface area contributed by atoms with E-state index in [4.69, 9.17) is 0 Å². The van der Waals surface area contributed by atoms with Crippen LogP contribution in [0.3, 0.4) is 0 Å². The van der Waals surface area contributed by atoms with Gasteiger partial charge in [-0.3, -0.25) is 9.67 Å². The summed E-state index contributed by atoms with van der Waals surface area (Å²) in [6.45, 7) is 1.51. The molecule has 10 heteroatoms. The molecule has 0 amide bonds. The van der Waals surface area contributed by atoms with Gasteiger partial charge in [-0.1, -0.05) is 6.07 Å². The molecule has 156 valence electrons. The first-order valence-electron chi connectivity index (χ1n) is 9.31. The smallest absolute Gasteiger partial charge is 0.137 e. The van der Waals surface area contributed by atoms with Crippen LogP contribution in [0.2, 0.25) is 0 Å². The van der Waals surface area contributed by atoms with Gasteiger partial charge in [0.15, 0.2) is 0 Å². The fraction of sp³-hybridized carbons (Fsp3) is 0.190. The first kappa shape index (κ1) is 20.3. The second-order valence-electron chi connectivity index (χ2n) is 7.06. The minimum atomic E-state index is -1.85. The Morgan fingerprint density at radius 1 is 1.19 bits per heavy atom. The van der Waals surface area contributed by atoms with Crippen molar-refractivity contribution in [1.29, 1.82) is 5.26 Å². The van der Waals surface area contributed by atoms with E-state index >= 15 is 0 Å². The van der Waals surface area contributed by atoms with E-state index in [-0.39, 0.29) is 12.1 Å². The van der Waals surface area contributed by atoms with Gasteiger partial charge in [0.1, 0.15) is 29.9 Å². The lowest BCUT2D eigenvalue weighted by Crippen LogP contribution is -2.40. The van der Waals surface area contributed by atoms with Crippen LogP contribution in [-0.4, -0.2) is 34.6 Å². The Hall–Kier alpha value is -3.97. The van der Waals surface area contributed by atoms with Crippen LogP contribution in [0.5, 0.6) is 0 Å². The molecule has 2 unspecified atom stereocenters. The van der Waals surface area contributed by atoms with Crippen LogP contribution in [0, 0.1) is 23.0 Å². The molecule has 31 heavy (non-hydrogen) atoms. The molecule has 0 saturated heterocycles. The standard InChI is InChI=1S/C21H17F2N7O/c1-14(30-10-16(8-27-30)18-9-25-5-4-15(18)7-24)21(31,11-29-13-26-12-28-29)19-3-2-17(22)6-20(19)23/h2-6,8-10,12-14,31H,11H2,1H3. The number of benzene rings is 1. The predicted molar refractivity (Wildman–Crippen MR) is 105 cm³/mol. The highest BCUT2D eigenvalue weighted by Crippen LogP contribution is 2.37. The summed E-state index contributed by atoms with van der Waals surface area (Å²) < 4.78 is 31.0. The third-order valence-electron chi connectivity index (χ3n) is 5.21. The monoisotopic (exact) mass is 421 g/mol. The average Bonchev–Trinajstić information content (AvgIpc) is 3.45. The minimum Gasteiger partial charge on any atom is -0.381 e. The van der Waals surface area contributed by atoms with E-state index in [0.717, 1.165) is 12.1 Å². The van der Waals surface area contributed by atoms with Crippen LogP contribution in [0.25, 0.3) is 11.1 Å². The molecule has 0 saturated carbocycles. The lowest BCUT2D eigenvalue weighted by Gasteiger charge is -2.34. The maximum absolute atomic E-state index is 14.7. The maximum atomic E-state index is 14.7. The van der Waals surface area contributed by atoms with E-state index in [1.54, 1.807) is 25.4 Å². The molecule has 0 aliphatic heterocycles. The van der Waals surface area contributed by atoms with Gasteiger partial charge < -0.3 is 5.11 Å². The van der Waals surface area contributed by atoms with Crippen LogP contribution in [0.15, 0.2) is 61.7 Å². The number of pyridine rings is 1. The Bertz CT molecular complexity index is 1250. The molecule has 0 radical (unpaired) electrons. The second kappa shape index (κ2) is 8.04. The Morgan fingerprint density at radius 2 is 2.03 bits per heavy atom. The van der Waals surface area contributed by atoms with Crippen LogP contribution in [0.4, 0.5) is 8.78 Å². The lowest BCUT2D eigenvalue weighted by atomic mass is 9.86. The van der Waals surface area contributed by atoms with E-state index in [2.05, 4.69) is 26.2 Å². The molecule has 0 bridgehead atoms. The highest BCUT2D eigenvalue weighted by molar-refractivity contribution is 5.68. The summed E-state index contributed by atoms with van der Waals surface area (Å²) >= 11 is 0. The van der Waals surface area contributed by atoms with Gasteiger partial charge in [0, 0.05) is 41.3 Å². The molecule has 3 aromatic heterocycles. The highest BCUT2D eigenvalue weighted by Gasteiger charge is 2.40. The summed E-state index contributed by atoms with van der Waals surface area (Å²) in [5.41, 5.74) is -0.338. The Kier molecular flexibility index (Phi) is 5.27. The number of aliphatic hydroxyl groups is 1. The third kappa shape index (κ3) is 3.78. The molecule has 0 fully saturated rings. The number of halogens is 2. The molecule has 2 atom stereocenters. The highest BCUT2D eigenvalue weighted by atomic mass is 19.1. The SMILES string of the molecule is CC(n1cc(-c2cnccc2C#N)cn1)C(O)(Cn1cncn1)c1ccc(F)cc1F. The summed E-state index contributed by atoms with van der Waals surface area (Å²) in [5, 5.41) is 29.3. The number of rotatable bonds is 6. The van der Waals surface area contributed by atoms with E-state index in [9.17, 15) is 19.1 Å². The molecule has 1 N–H and O–H groups in total. The molecular weight excluding hydrogens is 404 g/mol. The van der Waals surface area contributed by atoms with Gasteiger partial charge in [0.2, 0.25) is 0 Å². The summed E-state index contributed by atoms with van der Waals surface area (Å²) in [7, 11) is 0. The predicted octanol–water partition coefficient (Wildman–Crippen LogP) is 2.84. The third-order valence-corrected chi connectivity index (χ3v) is 5.21. The number of nitriles is 1. The van der Waals surface area contributed by atoms with Crippen molar-refractivity contribution in [3.05, 3.63) is 84.5 Å². The number of hydrogen-bond acceptors (Lipinski definition) is 6. The molecule has 4 aromatic rings. The van der Waals surface area contributed by atoms with E-state index in [0.29, 0.717) is 16.7 Å². The molecule has 8 nitrogen and oxygen atoms in total. The Morgan fingerprint density at radius 3 is 2.74 bits per heavy atom. The van der Waals surface area contributed by atoms with Crippen molar-refractivity contribution < 1.29 is 13.9 Å². The fourth-order valence-corrected chi connectivity index (χ4v) is 3.47. The van der Waals surface area contributed by atoms with Crippen molar-refractivity contribution in [3.63, 3.8) is 0 Å². The van der Waals surface area contributed by atoms with Crippen LogP contribution in [0.1, 0.15) is 24.1 Å². The van der Waals surface area contributed by atoms with Gasteiger partial charge in [-0.2, -0.15) is 15.5 Å². The Labute approximate surface area is 176 Å². The molecule has 0 spiro atoms. The van der Waals surface area contributed by atoms with Gasteiger partial charge in [0.25, 0.3) is 0 Å². The summed E-state index contributed by atoms with van der Waals surface area (Å²) in [5.74, 6) is -1.64. The lowest BCUT2D eigenvalue weighted by molar-refractivity contribution is -0.0368. The molecule has 0 aliphatic rings. The topological polar surface area (TPSA) is 105 Å². The van der Waals surface area contributed by atoms with Crippen molar-refractivity contribution >= 4 is 0 Å². The minimum absolute atomic E-state index is 0.104. The van der Waals surface area contributed by atoms with E-state index in [1.807, 2.05) is 0 Å². The largest absolute Gasteiger partial charge is 0.381 e. The second-order valence-corrected chi connectivity index (χ2v) is 7.06. The zero-order chi connectivity index (χ0) is 22.0. The van der Waals surface area contributed by atoms with Gasteiger partial charge in [-0.15, -0.1) is 0 Å². The first-order valence-corrected chi connectivity index (χ1v) is 9.31. The summed E-state index contributed by atoms with van der Waals surface area (Å²) in [4.78, 5) is 7.91. The number of hydrogen-bond donors (Lipinski definition) is 1.